The first kappa shape index (κ1) is 22.9. The topological polar surface area (TPSA) is 86.7 Å². The number of carbonyl (C=O) groups excluding carboxylic acids is 1. The highest BCUT2D eigenvalue weighted by atomic mass is 32.2. The number of rotatable bonds is 5. The monoisotopic (exact) mass is 464 g/mol. The van der Waals surface area contributed by atoms with Crippen molar-refractivity contribution in [3.05, 3.63) is 89.5 Å². The highest BCUT2D eigenvalue weighted by Gasteiger charge is 2.42. The van der Waals surface area contributed by atoms with Crippen LogP contribution in [0, 0.1) is 0 Å². The lowest BCUT2D eigenvalue weighted by Crippen LogP contribution is -2.47. The Hall–Kier alpha value is -3.32. The molecule has 172 valence electrons. The van der Waals surface area contributed by atoms with Gasteiger partial charge in [-0.25, -0.2) is 8.42 Å². The van der Waals surface area contributed by atoms with Gasteiger partial charge in [-0.15, -0.1) is 0 Å². The summed E-state index contributed by atoms with van der Waals surface area (Å²) in [6.45, 7) is 6.40. The molecule has 1 atom stereocenters. The molecule has 1 amide bonds. The van der Waals surface area contributed by atoms with Crippen LogP contribution in [0.25, 0.3) is 0 Å². The first-order valence-corrected chi connectivity index (χ1v) is 12.3. The maximum absolute atomic E-state index is 13.7. The fraction of sp³-hybridized carbons (Fsp3) is 0.269. The van der Waals surface area contributed by atoms with E-state index in [0.29, 0.717) is 12.1 Å². The highest BCUT2D eigenvalue weighted by Crippen LogP contribution is 2.37. The van der Waals surface area contributed by atoms with E-state index in [1.54, 1.807) is 48.5 Å². The Morgan fingerprint density at radius 3 is 2.39 bits per heavy atom. The van der Waals surface area contributed by atoms with Crippen LogP contribution in [0.15, 0.2) is 77.7 Å². The zero-order chi connectivity index (χ0) is 23.8. The fourth-order valence-electron chi connectivity index (χ4n) is 4.07. The lowest BCUT2D eigenvalue weighted by Gasteiger charge is -2.27. The van der Waals surface area contributed by atoms with Gasteiger partial charge in [-0.2, -0.15) is 0 Å². The number of hydrogen-bond acceptors (Lipinski definition) is 4. The molecule has 7 heteroatoms. The Morgan fingerprint density at radius 2 is 1.73 bits per heavy atom. The molecule has 0 unspecified atom stereocenters. The third-order valence-corrected chi connectivity index (χ3v) is 7.72. The summed E-state index contributed by atoms with van der Waals surface area (Å²) < 4.78 is 28.7. The number of hydrogen-bond donors (Lipinski definition) is 2. The Labute approximate surface area is 194 Å². The van der Waals surface area contributed by atoms with Crippen molar-refractivity contribution >= 4 is 21.6 Å². The van der Waals surface area contributed by atoms with Crippen molar-refractivity contribution in [3.63, 3.8) is 0 Å². The van der Waals surface area contributed by atoms with Crippen molar-refractivity contribution in [1.82, 2.24) is 5.32 Å². The van der Waals surface area contributed by atoms with Gasteiger partial charge in [-0.3, -0.25) is 9.10 Å². The molecule has 0 bridgehead atoms. The van der Waals surface area contributed by atoms with Gasteiger partial charge in [0.15, 0.2) is 0 Å². The second-order valence-corrected chi connectivity index (χ2v) is 11.1. The summed E-state index contributed by atoms with van der Waals surface area (Å²) in [5.74, 6) is -0.276. The number of anilines is 1. The second-order valence-electron chi connectivity index (χ2n) is 9.31. The van der Waals surface area contributed by atoms with Crippen LogP contribution in [0.1, 0.15) is 37.5 Å². The Bertz CT molecular complexity index is 1280. The molecule has 3 aromatic rings. The number of phenolic OH excluding ortho intramolecular Hbond substituents is 1. The van der Waals surface area contributed by atoms with Gasteiger partial charge in [-0.1, -0.05) is 63.2 Å². The van der Waals surface area contributed by atoms with Gasteiger partial charge < -0.3 is 10.4 Å². The third-order valence-electron chi connectivity index (χ3n) is 5.88. The molecule has 33 heavy (non-hydrogen) atoms. The van der Waals surface area contributed by atoms with Gasteiger partial charge >= 0.3 is 0 Å². The summed E-state index contributed by atoms with van der Waals surface area (Å²) in [7, 11) is -3.97. The molecule has 1 aliphatic heterocycles. The minimum Gasteiger partial charge on any atom is -0.508 e. The molecular weight excluding hydrogens is 436 g/mol. The number of nitrogens with one attached hydrogen (secondary N) is 1. The molecule has 0 radical (unpaired) electrons. The second kappa shape index (κ2) is 8.56. The van der Waals surface area contributed by atoms with Gasteiger partial charge in [0.05, 0.1) is 10.6 Å². The van der Waals surface area contributed by atoms with E-state index in [4.69, 9.17) is 0 Å². The van der Waals surface area contributed by atoms with Crippen LogP contribution in [0.3, 0.4) is 0 Å². The van der Waals surface area contributed by atoms with E-state index in [9.17, 15) is 18.3 Å². The van der Waals surface area contributed by atoms with Crippen molar-refractivity contribution in [1.29, 1.82) is 0 Å². The summed E-state index contributed by atoms with van der Waals surface area (Å²) >= 11 is 0. The van der Waals surface area contributed by atoms with Crippen molar-refractivity contribution in [3.8, 4) is 5.75 Å². The number of nitrogens with zero attached hydrogens (tertiary/aromatic N) is 1. The van der Waals surface area contributed by atoms with Crippen molar-refractivity contribution < 1.29 is 18.3 Å². The number of aromatic hydroxyl groups is 1. The molecule has 2 N–H and O–H groups in total. The zero-order valence-corrected chi connectivity index (χ0v) is 19.8. The van der Waals surface area contributed by atoms with E-state index in [2.05, 4.69) is 26.1 Å². The van der Waals surface area contributed by atoms with E-state index >= 15 is 0 Å². The summed E-state index contributed by atoms with van der Waals surface area (Å²) in [6.07, 6.45) is 0.293. The number of sulfonamides is 1. The Morgan fingerprint density at radius 1 is 1.03 bits per heavy atom. The minimum absolute atomic E-state index is 0.100. The quantitative estimate of drug-likeness (QED) is 0.595. The summed E-state index contributed by atoms with van der Waals surface area (Å²) in [4.78, 5) is 13.3. The SMILES string of the molecule is CC(C)(C)c1ccc(S(=O)(=O)N2c3ccccc3C[C@H]2C(=O)NCc2cccc(O)c2)cc1. The van der Waals surface area contributed by atoms with Crippen LogP contribution in [-0.2, 0) is 33.2 Å². The molecule has 0 saturated heterocycles. The number of phenols is 1. The normalized spacial score (nSPS) is 15.8. The number of benzene rings is 3. The number of amides is 1. The van der Waals surface area contributed by atoms with Gasteiger partial charge in [0, 0.05) is 13.0 Å². The van der Waals surface area contributed by atoms with Gasteiger partial charge in [0.2, 0.25) is 5.91 Å². The molecular formula is C26H28N2O4S. The molecule has 0 aromatic heterocycles. The largest absolute Gasteiger partial charge is 0.508 e. The number of fused-ring (bicyclic) bond motifs is 1. The molecule has 1 aliphatic rings. The van der Waals surface area contributed by atoms with E-state index in [1.807, 2.05) is 24.3 Å². The van der Waals surface area contributed by atoms with Gasteiger partial charge in [0.25, 0.3) is 10.0 Å². The summed E-state index contributed by atoms with van der Waals surface area (Å²) in [5.41, 5.74) is 2.99. The van der Waals surface area contributed by atoms with Crippen LogP contribution in [0.2, 0.25) is 0 Å². The maximum atomic E-state index is 13.7. The molecule has 6 nitrogen and oxygen atoms in total. The van der Waals surface area contributed by atoms with Crippen LogP contribution in [-0.4, -0.2) is 25.5 Å². The molecule has 3 aromatic carbocycles. The van der Waals surface area contributed by atoms with E-state index in [0.717, 1.165) is 16.7 Å². The predicted octanol–water partition coefficient (Wildman–Crippen LogP) is 4.13. The lowest BCUT2D eigenvalue weighted by molar-refractivity contribution is -0.122. The van der Waals surface area contributed by atoms with Crippen molar-refractivity contribution in [2.45, 2.75) is 50.1 Å². The number of para-hydroxylation sites is 1. The summed E-state index contributed by atoms with van der Waals surface area (Å²) in [6, 6.07) is 19.8. The lowest BCUT2D eigenvalue weighted by atomic mass is 9.87. The standard InChI is InChI=1S/C26H28N2O4S/c1-26(2,3)20-11-13-22(14-12-20)33(31,32)28-23-10-5-4-8-19(23)16-24(28)25(30)27-17-18-7-6-9-21(29)15-18/h4-15,24,29H,16-17H2,1-3H3,(H,27,30)/t24-/m0/s1. The third kappa shape index (κ3) is 4.59. The average molecular weight is 465 g/mol. The molecule has 0 saturated carbocycles. The molecule has 1 heterocycles. The molecule has 4 rings (SSSR count). The van der Waals surface area contributed by atoms with E-state index < -0.39 is 16.1 Å². The fourth-order valence-corrected chi connectivity index (χ4v) is 5.72. The van der Waals surface area contributed by atoms with E-state index in [1.165, 1.54) is 4.31 Å². The van der Waals surface area contributed by atoms with Gasteiger partial charge in [0.1, 0.15) is 11.8 Å². The summed E-state index contributed by atoms with van der Waals surface area (Å²) in [5, 5.41) is 12.5. The maximum Gasteiger partial charge on any atom is 0.265 e. The Balaban J connectivity index is 1.65. The smallest absolute Gasteiger partial charge is 0.265 e. The molecule has 0 spiro atoms. The average Bonchev–Trinajstić information content (AvgIpc) is 3.18. The van der Waals surface area contributed by atoms with Gasteiger partial charge in [-0.05, 0) is 52.4 Å². The molecule has 0 fully saturated rings. The van der Waals surface area contributed by atoms with Crippen LogP contribution in [0.4, 0.5) is 5.69 Å². The van der Waals surface area contributed by atoms with Crippen LogP contribution in [0.5, 0.6) is 5.75 Å². The Kier molecular flexibility index (Phi) is 5.93. The van der Waals surface area contributed by atoms with Crippen LogP contribution >= 0.6 is 0 Å². The van der Waals surface area contributed by atoms with Crippen molar-refractivity contribution in [2.24, 2.45) is 0 Å². The van der Waals surface area contributed by atoms with Crippen LogP contribution < -0.4 is 9.62 Å². The zero-order valence-electron chi connectivity index (χ0n) is 18.9. The molecule has 0 aliphatic carbocycles. The minimum atomic E-state index is -3.97. The highest BCUT2D eigenvalue weighted by molar-refractivity contribution is 7.93. The predicted molar refractivity (Wildman–Crippen MR) is 129 cm³/mol. The first-order valence-electron chi connectivity index (χ1n) is 10.9. The number of carbonyl (C=O) groups is 1. The first-order chi connectivity index (χ1) is 15.6. The van der Waals surface area contributed by atoms with Crippen molar-refractivity contribution in [2.75, 3.05) is 4.31 Å². The van der Waals surface area contributed by atoms with E-state index in [-0.39, 0.29) is 28.5 Å².